The van der Waals surface area contributed by atoms with E-state index in [2.05, 4.69) is 21.1 Å². The monoisotopic (exact) mass is 494 g/mol. The van der Waals surface area contributed by atoms with Crippen molar-refractivity contribution in [3.8, 4) is 17.6 Å². The van der Waals surface area contributed by atoms with Gasteiger partial charge < -0.3 is 14.4 Å². The maximum absolute atomic E-state index is 13.0. The van der Waals surface area contributed by atoms with Crippen molar-refractivity contribution in [1.29, 1.82) is 0 Å². The first-order valence-corrected chi connectivity index (χ1v) is 13.2. The molecule has 3 aromatic rings. The van der Waals surface area contributed by atoms with Crippen LogP contribution in [0.1, 0.15) is 37.4 Å². The Balaban J connectivity index is 1.57. The van der Waals surface area contributed by atoms with E-state index in [0.717, 1.165) is 28.7 Å². The van der Waals surface area contributed by atoms with E-state index in [1.807, 2.05) is 31.2 Å². The van der Waals surface area contributed by atoms with Crippen molar-refractivity contribution < 1.29 is 23.1 Å². The van der Waals surface area contributed by atoms with Crippen molar-refractivity contribution in [1.82, 2.24) is 9.29 Å². The van der Waals surface area contributed by atoms with Crippen LogP contribution in [0.25, 0.3) is 10.9 Å². The molecule has 4 rings (SSSR count). The minimum Gasteiger partial charge on any atom is -0.481 e. The number of sulfonamides is 1. The number of carboxylic acids is 1. The number of aromatic nitrogens is 1. The largest absolute Gasteiger partial charge is 0.481 e. The number of carbonyl (C=O) groups is 1. The molecule has 1 heterocycles. The van der Waals surface area contributed by atoms with Crippen LogP contribution >= 0.6 is 0 Å². The molecule has 1 aliphatic rings. The van der Waals surface area contributed by atoms with Crippen molar-refractivity contribution in [2.24, 2.45) is 5.92 Å². The summed E-state index contributed by atoms with van der Waals surface area (Å²) in [4.78, 5) is 12.1. The minimum absolute atomic E-state index is 0.0261. The molecule has 7 nitrogen and oxygen atoms in total. The Kier molecular flexibility index (Phi) is 7.48. The highest BCUT2D eigenvalue weighted by molar-refractivity contribution is 7.89. The molecule has 1 atom stereocenters. The third-order valence-electron chi connectivity index (χ3n) is 6.65. The molecule has 0 aliphatic heterocycles. The van der Waals surface area contributed by atoms with E-state index in [9.17, 15) is 18.3 Å². The number of hydrogen-bond acceptors (Lipinski definition) is 4. The lowest BCUT2D eigenvalue weighted by atomic mass is 9.85. The number of benzene rings is 2. The quantitative estimate of drug-likeness (QED) is 0.413. The molecule has 1 unspecified atom stereocenters. The van der Waals surface area contributed by atoms with E-state index in [-0.39, 0.29) is 17.9 Å². The number of fused-ring (bicyclic) bond motifs is 1. The molecule has 8 heteroatoms. The summed E-state index contributed by atoms with van der Waals surface area (Å²) in [6.45, 7) is 4.80. The Bertz CT molecular complexity index is 1380. The van der Waals surface area contributed by atoms with Crippen molar-refractivity contribution >= 4 is 26.9 Å². The first kappa shape index (κ1) is 24.8. The first-order valence-electron chi connectivity index (χ1n) is 11.7. The average Bonchev–Trinajstić information content (AvgIpc) is 3.07. The zero-order valence-corrected chi connectivity index (χ0v) is 20.8. The van der Waals surface area contributed by atoms with Crippen LogP contribution in [0.3, 0.4) is 0 Å². The van der Waals surface area contributed by atoms with Gasteiger partial charge in [0, 0.05) is 29.6 Å². The molecule has 0 bridgehead atoms. The maximum atomic E-state index is 13.0. The van der Waals surface area contributed by atoms with Gasteiger partial charge in [-0.15, -0.1) is 5.92 Å². The molecular weight excluding hydrogens is 464 g/mol. The third-order valence-corrected chi connectivity index (χ3v) is 8.14. The Morgan fingerprint density at radius 1 is 1.20 bits per heavy atom. The summed E-state index contributed by atoms with van der Waals surface area (Å²) in [6, 6.07) is 12.5. The molecule has 1 saturated carbocycles. The number of rotatable bonds is 10. The van der Waals surface area contributed by atoms with Crippen molar-refractivity contribution in [2.45, 2.75) is 57.0 Å². The van der Waals surface area contributed by atoms with Crippen LogP contribution in [0.4, 0.5) is 0 Å². The van der Waals surface area contributed by atoms with Gasteiger partial charge in [0.05, 0.1) is 4.90 Å². The molecule has 1 aliphatic carbocycles. The second-order valence-electron chi connectivity index (χ2n) is 8.89. The third kappa shape index (κ3) is 5.53. The summed E-state index contributed by atoms with van der Waals surface area (Å²) in [5.74, 6) is 5.38. The fraction of sp³-hybridized carbons (Fsp3) is 0.370. The van der Waals surface area contributed by atoms with Crippen LogP contribution < -0.4 is 9.46 Å². The zero-order chi connectivity index (χ0) is 25.0. The number of aliphatic carboxylic acids is 1. The van der Waals surface area contributed by atoms with Crippen molar-refractivity contribution in [3.05, 3.63) is 59.8 Å². The second-order valence-corrected chi connectivity index (χ2v) is 10.6. The van der Waals surface area contributed by atoms with Crippen molar-refractivity contribution in [3.63, 3.8) is 0 Å². The molecule has 0 radical (unpaired) electrons. The SMILES string of the molecule is CC#CCOc1ccc(S(=O)(=O)NC(Cc2c(C)n(CC3CCC3)c3ccccc23)C(=O)O)cc1. The summed E-state index contributed by atoms with van der Waals surface area (Å²) in [5, 5.41) is 10.9. The fourth-order valence-corrected chi connectivity index (χ4v) is 5.66. The lowest BCUT2D eigenvalue weighted by Crippen LogP contribution is -2.42. The van der Waals surface area contributed by atoms with Crippen LogP contribution in [-0.2, 0) is 27.8 Å². The normalized spacial score (nSPS) is 14.7. The smallest absolute Gasteiger partial charge is 0.322 e. The van der Waals surface area contributed by atoms with Crippen LogP contribution in [0.5, 0.6) is 5.75 Å². The predicted molar refractivity (Wildman–Crippen MR) is 135 cm³/mol. The summed E-state index contributed by atoms with van der Waals surface area (Å²) in [6.07, 6.45) is 3.71. The first-order chi connectivity index (χ1) is 16.8. The predicted octanol–water partition coefficient (Wildman–Crippen LogP) is 4.13. The zero-order valence-electron chi connectivity index (χ0n) is 20.0. The molecule has 0 spiro atoms. The van der Waals surface area contributed by atoms with E-state index in [0.29, 0.717) is 11.7 Å². The van der Waals surface area contributed by atoms with Crippen molar-refractivity contribution in [2.75, 3.05) is 6.61 Å². The molecule has 2 aromatic carbocycles. The van der Waals surface area contributed by atoms with Gasteiger partial charge in [0.1, 0.15) is 18.4 Å². The van der Waals surface area contributed by atoms with Gasteiger partial charge in [-0.2, -0.15) is 4.72 Å². The molecule has 2 N–H and O–H groups in total. The van der Waals surface area contributed by atoms with E-state index in [1.165, 1.54) is 43.5 Å². The van der Waals surface area contributed by atoms with E-state index in [1.54, 1.807) is 6.92 Å². The van der Waals surface area contributed by atoms with E-state index >= 15 is 0 Å². The van der Waals surface area contributed by atoms with Gasteiger partial charge in [-0.25, -0.2) is 8.42 Å². The van der Waals surface area contributed by atoms with Gasteiger partial charge in [0.2, 0.25) is 10.0 Å². The maximum Gasteiger partial charge on any atom is 0.322 e. The second kappa shape index (κ2) is 10.5. The van der Waals surface area contributed by atoms with Gasteiger partial charge in [0.25, 0.3) is 0 Å². The molecule has 0 saturated heterocycles. The van der Waals surface area contributed by atoms with Gasteiger partial charge >= 0.3 is 5.97 Å². The topological polar surface area (TPSA) is 97.6 Å². The minimum atomic E-state index is -4.06. The lowest BCUT2D eigenvalue weighted by molar-refractivity contribution is -0.138. The number of ether oxygens (including phenoxy) is 1. The Hall–Kier alpha value is -3.28. The van der Waals surface area contributed by atoms with Gasteiger partial charge in [-0.1, -0.05) is 30.5 Å². The van der Waals surface area contributed by atoms with Crippen LogP contribution in [-0.4, -0.2) is 36.7 Å². The molecular formula is C27H30N2O5S. The van der Waals surface area contributed by atoms with Gasteiger partial charge in [-0.05, 0) is 68.5 Å². The number of nitrogens with zero attached hydrogens (tertiary/aromatic N) is 1. The van der Waals surface area contributed by atoms with Crippen LogP contribution in [0.15, 0.2) is 53.4 Å². The summed E-state index contributed by atoms with van der Waals surface area (Å²) in [5.41, 5.74) is 2.90. The molecule has 0 amide bonds. The Labute approximate surface area is 206 Å². The van der Waals surface area contributed by atoms with E-state index in [4.69, 9.17) is 4.74 Å². The van der Waals surface area contributed by atoms with Gasteiger partial charge in [-0.3, -0.25) is 4.79 Å². The lowest BCUT2D eigenvalue weighted by Gasteiger charge is -2.27. The summed E-state index contributed by atoms with van der Waals surface area (Å²) >= 11 is 0. The number of carboxylic acid groups (broad SMARTS) is 1. The average molecular weight is 495 g/mol. The highest BCUT2D eigenvalue weighted by Gasteiger charge is 2.29. The summed E-state index contributed by atoms with van der Waals surface area (Å²) in [7, 11) is -4.06. The Morgan fingerprint density at radius 3 is 2.54 bits per heavy atom. The molecule has 35 heavy (non-hydrogen) atoms. The molecule has 1 aromatic heterocycles. The van der Waals surface area contributed by atoms with Crippen LogP contribution in [0.2, 0.25) is 0 Å². The van der Waals surface area contributed by atoms with E-state index < -0.39 is 22.0 Å². The molecule has 1 fully saturated rings. The van der Waals surface area contributed by atoms with Crippen LogP contribution in [0, 0.1) is 24.7 Å². The highest BCUT2D eigenvalue weighted by atomic mass is 32.2. The number of hydrogen-bond donors (Lipinski definition) is 2. The fourth-order valence-electron chi connectivity index (χ4n) is 4.47. The highest BCUT2D eigenvalue weighted by Crippen LogP contribution is 2.33. The Morgan fingerprint density at radius 2 is 1.91 bits per heavy atom. The molecule has 184 valence electrons. The number of nitrogens with one attached hydrogen (secondary N) is 1. The van der Waals surface area contributed by atoms with Gasteiger partial charge in [0.15, 0.2) is 0 Å². The standard InChI is InChI=1S/C27H30N2O5S/c1-3-4-16-34-21-12-14-22(15-13-21)35(32,33)28-25(27(30)31)17-24-19(2)29(18-20-8-7-9-20)26-11-6-5-10-23(24)26/h5-6,10-15,20,25,28H,7-9,16-18H2,1-2H3,(H,30,31). The summed E-state index contributed by atoms with van der Waals surface area (Å²) < 4.78 is 36.1. The number of para-hydroxylation sites is 1.